The molecule has 0 saturated heterocycles. The maximum Gasteiger partial charge on any atom is 0.332 e. The number of sulfonamides is 2. The third-order valence-corrected chi connectivity index (χ3v) is 10.1. The number of carboxylic acid groups (broad SMARTS) is 1. The number of fused-ring (bicyclic) bond motifs is 1. The zero-order valence-corrected chi connectivity index (χ0v) is 25.2. The molecule has 0 aliphatic rings. The number of nitrogens with zero attached hydrogens (tertiary/aromatic N) is 1. The number of aliphatic carboxylic acids is 1. The fraction of sp³-hybridized carbons (Fsp3) is 0.0938. The summed E-state index contributed by atoms with van der Waals surface area (Å²) >= 11 is 0. The molecule has 5 aromatic rings. The summed E-state index contributed by atoms with van der Waals surface area (Å²) in [6.07, 6.45) is 0. The van der Waals surface area contributed by atoms with E-state index >= 15 is 0 Å². The van der Waals surface area contributed by atoms with Gasteiger partial charge in [0.05, 0.1) is 35.4 Å². The van der Waals surface area contributed by atoms with Crippen molar-refractivity contribution in [3.8, 4) is 11.5 Å². The Hall–Kier alpha value is -5.07. The molecule has 10 nitrogen and oxygen atoms in total. The smallest absolute Gasteiger partial charge is 0.332 e. The van der Waals surface area contributed by atoms with Crippen LogP contribution in [-0.2, 0) is 24.8 Å². The van der Waals surface area contributed by atoms with Crippen molar-refractivity contribution in [2.24, 2.45) is 0 Å². The van der Waals surface area contributed by atoms with Gasteiger partial charge in [0.15, 0.2) is 6.04 Å². The topological polar surface area (TPSA) is 139 Å². The molecular weight excluding hydrogens is 604 g/mol. The van der Waals surface area contributed by atoms with E-state index in [9.17, 15) is 26.7 Å². The van der Waals surface area contributed by atoms with E-state index in [0.717, 1.165) is 4.31 Å². The molecule has 0 saturated carbocycles. The zero-order valence-electron chi connectivity index (χ0n) is 23.6. The van der Waals surface area contributed by atoms with Crippen molar-refractivity contribution in [1.29, 1.82) is 0 Å². The minimum absolute atomic E-state index is 0.00909. The van der Waals surface area contributed by atoms with Crippen LogP contribution in [0.1, 0.15) is 11.6 Å². The maximum absolute atomic E-state index is 14.3. The highest BCUT2D eigenvalue weighted by Crippen LogP contribution is 2.41. The SMILES string of the molecule is COc1ccc(S(=O)(=O)Nc2ccc(N(C(C(=O)O)c3ccccc3)S(=O)(=O)c3ccc(OC)cc3)c3ccccc23)cc1. The minimum Gasteiger partial charge on any atom is -0.497 e. The van der Waals surface area contributed by atoms with Gasteiger partial charge in [0.1, 0.15) is 11.5 Å². The molecule has 0 fully saturated rings. The molecule has 0 aromatic heterocycles. The summed E-state index contributed by atoms with van der Waals surface area (Å²) in [5, 5.41) is 11.1. The lowest BCUT2D eigenvalue weighted by Crippen LogP contribution is -2.39. The second-order valence-electron chi connectivity index (χ2n) is 9.59. The lowest BCUT2D eigenvalue weighted by Gasteiger charge is -2.32. The summed E-state index contributed by atoms with van der Waals surface area (Å²) in [4.78, 5) is 12.7. The quantitative estimate of drug-likeness (QED) is 0.190. The minimum atomic E-state index is -4.51. The number of ether oxygens (including phenoxy) is 2. The van der Waals surface area contributed by atoms with E-state index in [-0.39, 0.29) is 26.7 Å². The van der Waals surface area contributed by atoms with Crippen molar-refractivity contribution >= 4 is 48.2 Å². The molecule has 0 aliphatic carbocycles. The van der Waals surface area contributed by atoms with Crippen LogP contribution in [0.4, 0.5) is 11.4 Å². The Labute approximate surface area is 255 Å². The number of hydrogen-bond donors (Lipinski definition) is 2. The average molecular weight is 633 g/mol. The van der Waals surface area contributed by atoms with Crippen molar-refractivity contribution in [1.82, 2.24) is 0 Å². The number of benzene rings is 5. The Kier molecular flexibility index (Phi) is 8.47. The second kappa shape index (κ2) is 12.3. The number of rotatable bonds is 11. The zero-order chi connectivity index (χ0) is 31.5. The Bertz CT molecular complexity index is 2020. The fourth-order valence-corrected chi connectivity index (χ4v) is 7.50. The van der Waals surface area contributed by atoms with Crippen LogP contribution in [0.15, 0.2) is 125 Å². The number of carbonyl (C=O) groups is 1. The summed E-state index contributed by atoms with van der Waals surface area (Å²) in [7, 11) is -5.65. The van der Waals surface area contributed by atoms with E-state index < -0.39 is 32.1 Å². The second-order valence-corrected chi connectivity index (χ2v) is 13.1. The van der Waals surface area contributed by atoms with Gasteiger partial charge in [-0.25, -0.2) is 25.9 Å². The highest BCUT2D eigenvalue weighted by molar-refractivity contribution is 7.93. The summed E-state index contributed by atoms with van der Waals surface area (Å²) in [5.41, 5.74) is 0.444. The monoisotopic (exact) mass is 632 g/mol. The number of nitrogens with one attached hydrogen (secondary N) is 1. The Morgan fingerprint density at radius 3 is 1.75 bits per heavy atom. The molecule has 5 aromatic carbocycles. The van der Waals surface area contributed by atoms with Gasteiger partial charge in [0.2, 0.25) is 0 Å². The molecule has 1 unspecified atom stereocenters. The molecule has 0 amide bonds. The molecule has 0 bridgehead atoms. The first-order valence-electron chi connectivity index (χ1n) is 13.2. The highest BCUT2D eigenvalue weighted by atomic mass is 32.2. The van der Waals surface area contributed by atoms with E-state index in [0.29, 0.717) is 22.3 Å². The number of hydrogen-bond acceptors (Lipinski definition) is 7. The molecule has 0 spiro atoms. The van der Waals surface area contributed by atoms with Crippen LogP contribution >= 0.6 is 0 Å². The lowest BCUT2D eigenvalue weighted by molar-refractivity contribution is -0.138. The van der Waals surface area contributed by atoms with Gasteiger partial charge in [0, 0.05) is 10.8 Å². The van der Waals surface area contributed by atoms with Crippen LogP contribution in [0.3, 0.4) is 0 Å². The van der Waals surface area contributed by atoms with Crippen LogP contribution < -0.4 is 18.5 Å². The first-order valence-corrected chi connectivity index (χ1v) is 16.1. The molecular formula is C32H28N2O8S2. The largest absolute Gasteiger partial charge is 0.497 e. The van der Waals surface area contributed by atoms with E-state index in [1.807, 2.05) is 0 Å². The lowest BCUT2D eigenvalue weighted by atomic mass is 10.0. The third-order valence-electron chi connectivity index (χ3n) is 6.95. The Morgan fingerprint density at radius 1 is 0.682 bits per heavy atom. The fourth-order valence-electron chi connectivity index (χ4n) is 4.81. The van der Waals surface area contributed by atoms with Gasteiger partial charge in [-0.1, -0.05) is 54.6 Å². The summed E-state index contributed by atoms with van der Waals surface area (Å²) in [5.74, 6) is -0.489. The van der Waals surface area contributed by atoms with Crippen molar-refractivity contribution in [3.63, 3.8) is 0 Å². The summed E-state index contributed by atoms with van der Waals surface area (Å²) in [6.45, 7) is 0. The van der Waals surface area contributed by atoms with Crippen LogP contribution in [0.5, 0.6) is 11.5 Å². The van der Waals surface area contributed by atoms with Crippen LogP contribution in [0, 0.1) is 0 Å². The first-order chi connectivity index (χ1) is 21.1. The van der Waals surface area contributed by atoms with Crippen LogP contribution in [0.2, 0.25) is 0 Å². The van der Waals surface area contributed by atoms with Gasteiger partial charge in [0.25, 0.3) is 20.0 Å². The van der Waals surface area contributed by atoms with Crippen molar-refractivity contribution in [2.75, 3.05) is 23.2 Å². The number of methoxy groups -OCH3 is 2. The molecule has 0 aliphatic heterocycles. The van der Waals surface area contributed by atoms with Gasteiger partial charge >= 0.3 is 5.97 Å². The van der Waals surface area contributed by atoms with Crippen molar-refractivity contribution in [3.05, 3.63) is 121 Å². The standard InChI is InChI=1S/C32H28N2O8S2/c1-41-23-12-16-25(17-13-23)43(37,38)33-29-20-21-30(28-11-7-6-10-27(28)29)34(31(32(35)36)22-8-4-3-5-9-22)44(39,40)26-18-14-24(42-2)15-19-26/h3-21,31,33H,1-2H3,(H,35,36). The molecule has 226 valence electrons. The summed E-state index contributed by atoms with van der Waals surface area (Å²) < 4.78 is 69.0. The average Bonchev–Trinajstić information content (AvgIpc) is 3.04. The number of carboxylic acids is 1. The highest BCUT2D eigenvalue weighted by Gasteiger charge is 2.38. The Morgan fingerprint density at radius 2 is 1.20 bits per heavy atom. The number of anilines is 2. The molecule has 0 radical (unpaired) electrons. The van der Waals surface area contributed by atoms with Gasteiger partial charge < -0.3 is 14.6 Å². The Balaban J connectivity index is 1.70. The van der Waals surface area contributed by atoms with Gasteiger partial charge in [-0.3, -0.25) is 4.72 Å². The molecule has 0 heterocycles. The predicted molar refractivity (Wildman–Crippen MR) is 167 cm³/mol. The van der Waals surface area contributed by atoms with E-state index in [4.69, 9.17) is 9.47 Å². The van der Waals surface area contributed by atoms with E-state index in [1.165, 1.54) is 87.0 Å². The molecule has 44 heavy (non-hydrogen) atoms. The van der Waals surface area contributed by atoms with Crippen molar-refractivity contribution in [2.45, 2.75) is 15.8 Å². The van der Waals surface area contributed by atoms with Crippen molar-refractivity contribution < 1.29 is 36.2 Å². The van der Waals surface area contributed by atoms with Gasteiger partial charge in [-0.05, 0) is 66.2 Å². The molecule has 1 atom stereocenters. The normalized spacial score (nSPS) is 12.3. The maximum atomic E-state index is 14.3. The van der Waals surface area contributed by atoms with Crippen LogP contribution in [0.25, 0.3) is 10.8 Å². The van der Waals surface area contributed by atoms with Gasteiger partial charge in [-0.2, -0.15) is 0 Å². The molecule has 5 rings (SSSR count). The molecule has 2 N–H and O–H groups in total. The van der Waals surface area contributed by atoms with E-state index in [1.54, 1.807) is 42.5 Å². The van der Waals surface area contributed by atoms with E-state index in [2.05, 4.69) is 4.72 Å². The summed E-state index contributed by atoms with van der Waals surface area (Å²) in [6, 6.07) is 27.2. The molecule has 12 heteroatoms. The third kappa shape index (κ3) is 5.90. The predicted octanol–water partition coefficient (Wildman–Crippen LogP) is 5.68. The first kappa shape index (κ1) is 30.4. The van der Waals surface area contributed by atoms with Gasteiger partial charge in [-0.15, -0.1) is 0 Å². The van der Waals surface area contributed by atoms with Crippen LogP contribution in [-0.4, -0.2) is 42.1 Å².